The molecule has 0 aromatic heterocycles. The van der Waals surface area contributed by atoms with Crippen molar-refractivity contribution in [2.45, 2.75) is 58.0 Å². The smallest absolute Gasteiger partial charge is 0.232 e. The van der Waals surface area contributed by atoms with E-state index in [4.69, 9.17) is 15.4 Å². The Bertz CT molecular complexity index is 400. The molecule has 1 heterocycles. The Balaban J connectivity index is 2.05. The van der Waals surface area contributed by atoms with Crippen LogP contribution in [0.5, 0.6) is 0 Å². The van der Waals surface area contributed by atoms with Crippen LogP contribution in [0, 0.1) is 11.3 Å². The Morgan fingerprint density at radius 2 is 2.06 bits per heavy atom. The fraction of sp³-hybridized carbons (Fsp3) is 1.00. The number of hydrogen-bond donors (Lipinski definition) is 0. The lowest BCUT2D eigenvalue weighted by Gasteiger charge is -2.48. The molecule has 2 atom stereocenters. The molecule has 0 amide bonds. The summed E-state index contributed by atoms with van der Waals surface area (Å²) in [6.45, 7) is 5.23. The molecule has 1 saturated carbocycles. The molecule has 3 nitrogen and oxygen atoms in total. The van der Waals surface area contributed by atoms with Crippen LogP contribution in [0.25, 0.3) is 0 Å². The van der Waals surface area contributed by atoms with Crippen molar-refractivity contribution in [1.82, 2.24) is 0 Å². The minimum atomic E-state index is -3.39. The SMILES string of the molecule is CC1(C)CCCC2(CC(CS(=O)(=O)Cl)CCO2)C1. The fourth-order valence-electron chi connectivity index (χ4n) is 3.79. The lowest BCUT2D eigenvalue weighted by atomic mass is 9.66. The van der Waals surface area contributed by atoms with E-state index < -0.39 is 9.05 Å². The van der Waals surface area contributed by atoms with Crippen molar-refractivity contribution >= 4 is 19.7 Å². The molecule has 0 aromatic carbocycles. The number of halogens is 1. The summed E-state index contributed by atoms with van der Waals surface area (Å²) in [6, 6.07) is 0. The summed E-state index contributed by atoms with van der Waals surface area (Å²) in [6.07, 6.45) is 6.18. The first-order chi connectivity index (χ1) is 8.20. The third-order valence-electron chi connectivity index (χ3n) is 4.32. The first-order valence-electron chi connectivity index (χ1n) is 6.76. The van der Waals surface area contributed by atoms with E-state index in [2.05, 4.69) is 13.8 Å². The Morgan fingerprint density at radius 1 is 1.33 bits per heavy atom. The summed E-state index contributed by atoms with van der Waals surface area (Å²) in [5, 5.41) is 0. The van der Waals surface area contributed by atoms with Crippen molar-refractivity contribution in [2.75, 3.05) is 12.4 Å². The molecule has 1 aliphatic carbocycles. The average molecular weight is 295 g/mol. The highest BCUT2D eigenvalue weighted by molar-refractivity contribution is 8.13. The monoisotopic (exact) mass is 294 g/mol. The summed E-state index contributed by atoms with van der Waals surface area (Å²) in [5.41, 5.74) is 0.215. The van der Waals surface area contributed by atoms with Gasteiger partial charge in [-0.1, -0.05) is 20.3 Å². The maximum atomic E-state index is 11.2. The number of hydrogen-bond acceptors (Lipinski definition) is 3. The molecule has 1 saturated heterocycles. The summed E-state index contributed by atoms with van der Waals surface area (Å²) >= 11 is 0. The van der Waals surface area contributed by atoms with Gasteiger partial charge in [0.1, 0.15) is 0 Å². The molecule has 2 aliphatic rings. The third-order valence-corrected chi connectivity index (χ3v) is 5.56. The molecule has 0 aromatic rings. The molecule has 0 radical (unpaired) electrons. The highest BCUT2D eigenvalue weighted by Crippen LogP contribution is 2.48. The molecule has 0 N–H and O–H groups in total. The van der Waals surface area contributed by atoms with Crippen LogP contribution >= 0.6 is 10.7 Å². The van der Waals surface area contributed by atoms with Gasteiger partial charge < -0.3 is 4.74 Å². The van der Waals surface area contributed by atoms with E-state index in [1.807, 2.05) is 0 Å². The quantitative estimate of drug-likeness (QED) is 0.734. The van der Waals surface area contributed by atoms with Crippen LogP contribution in [-0.4, -0.2) is 26.4 Å². The van der Waals surface area contributed by atoms with Crippen LogP contribution in [0.3, 0.4) is 0 Å². The van der Waals surface area contributed by atoms with Crippen molar-refractivity contribution in [2.24, 2.45) is 11.3 Å². The Labute approximate surface area is 115 Å². The van der Waals surface area contributed by atoms with Crippen molar-refractivity contribution < 1.29 is 13.2 Å². The van der Waals surface area contributed by atoms with Crippen molar-refractivity contribution in [3.05, 3.63) is 0 Å². The van der Waals surface area contributed by atoms with Crippen molar-refractivity contribution in [3.63, 3.8) is 0 Å². The average Bonchev–Trinajstić information content (AvgIpc) is 2.12. The second-order valence-electron chi connectivity index (χ2n) is 6.79. The Kier molecular flexibility index (Phi) is 4.02. The fourth-order valence-corrected chi connectivity index (χ4v) is 5.17. The third kappa shape index (κ3) is 3.84. The standard InChI is InChI=1S/C13H23ClO3S/c1-12(2)5-3-6-13(10-12)8-11(4-7-17-13)9-18(14,15)16/h11H,3-10H2,1-2H3. The van der Waals surface area contributed by atoms with Gasteiger partial charge in [0, 0.05) is 17.3 Å². The largest absolute Gasteiger partial charge is 0.375 e. The first kappa shape index (κ1) is 14.6. The van der Waals surface area contributed by atoms with Gasteiger partial charge in [0.05, 0.1) is 11.4 Å². The molecule has 1 spiro atoms. The zero-order valence-electron chi connectivity index (χ0n) is 11.2. The second-order valence-corrected chi connectivity index (χ2v) is 9.61. The van der Waals surface area contributed by atoms with Gasteiger partial charge in [-0.2, -0.15) is 0 Å². The van der Waals surface area contributed by atoms with Crippen LogP contribution in [-0.2, 0) is 13.8 Å². The molecule has 2 rings (SSSR count). The van der Waals surface area contributed by atoms with E-state index in [0.717, 1.165) is 25.7 Å². The topological polar surface area (TPSA) is 43.4 Å². The van der Waals surface area contributed by atoms with Gasteiger partial charge in [-0.15, -0.1) is 0 Å². The second kappa shape index (κ2) is 4.95. The molecule has 2 unspecified atom stereocenters. The predicted molar refractivity (Wildman–Crippen MR) is 73.3 cm³/mol. The van der Waals surface area contributed by atoms with E-state index in [9.17, 15) is 8.42 Å². The lowest BCUT2D eigenvalue weighted by Crippen LogP contribution is -2.46. The molecule has 18 heavy (non-hydrogen) atoms. The summed E-state index contributed by atoms with van der Waals surface area (Å²) in [4.78, 5) is 0. The maximum Gasteiger partial charge on any atom is 0.232 e. The van der Waals surface area contributed by atoms with E-state index in [0.29, 0.717) is 12.0 Å². The Hall–Kier alpha value is 0.200. The summed E-state index contributed by atoms with van der Waals surface area (Å²) in [7, 11) is 1.99. The van der Waals surface area contributed by atoms with Crippen LogP contribution in [0.4, 0.5) is 0 Å². The molecular weight excluding hydrogens is 272 g/mol. The van der Waals surface area contributed by atoms with Gasteiger partial charge in [0.15, 0.2) is 0 Å². The van der Waals surface area contributed by atoms with E-state index in [-0.39, 0.29) is 17.3 Å². The highest BCUT2D eigenvalue weighted by Gasteiger charge is 2.44. The van der Waals surface area contributed by atoms with Gasteiger partial charge in [-0.05, 0) is 43.4 Å². The minimum Gasteiger partial charge on any atom is -0.375 e. The minimum absolute atomic E-state index is 0.0910. The summed E-state index contributed by atoms with van der Waals surface area (Å²) < 4.78 is 28.5. The van der Waals surface area contributed by atoms with Crippen LogP contribution < -0.4 is 0 Å². The Morgan fingerprint density at radius 3 is 2.67 bits per heavy atom. The lowest BCUT2D eigenvalue weighted by molar-refractivity contribution is -0.136. The van der Waals surface area contributed by atoms with E-state index >= 15 is 0 Å². The first-order valence-corrected chi connectivity index (χ1v) is 9.24. The molecule has 106 valence electrons. The molecule has 5 heteroatoms. The molecule has 1 aliphatic heterocycles. The van der Waals surface area contributed by atoms with Crippen molar-refractivity contribution in [1.29, 1.82) is 0 Å². The van der Waals surface area contributed by atoms with Crippen LogP contribution in [0.15, 0.2) is 0 Å². The number of ether oxygens (including phenoxy) is 1. The van der Waals surface area contributed by atoms with Gasteiger partial charge in [-0.25, -0.2) is 8.42 Å². The highest BCUT2D eigenvalue weighted by atomic mass is 35.7. The molecule has 0 bridgehead atoms. The van der Waals surface area contributed by atoms with Gasteiger partial charge in [0.25, 0.3) is 0 Å². The maximum absolute atomic E-state index is 11.2. The van der Waals surface area contributed by atoms with E-state index in [1.165, 1.54) is 12.8 Å². The predicted octanol–water partition coefficient (Wildman–Crippen LogP) is 3.32. The van der Waals surface area contributed by atoms with Crippen LogP contribution in [0.1, 0.15) is 52.4 Å². The summed E-state index contributed by atoms with van der Waals surface area (Å²) in [5.74, 6) is 0.259. The zero-order chi connectivity index (χ0) is 13.4. The van der Waals surface area contributed by atoms with Crippen LogP contribution in [0.2, 0.25) is 0 Å². The van der Waals surface area contributed by atoms with Gasteiger partial charge in [-0.3, -0.25) is 0 Å². The van der Waals surface area contributed by atoms with Gasteiger partial charge >= 0.3 is 0 Å². The normalized spacial score (nSPS) is 36.7. The zero-order valence-corrected chi connectivity index (χ0v) is 12.8. The van der Waals surface area contributed by atoms with Gasteiger partial charge in [0.2, 0.25) is 9.05 Å². The van der Waals surface area contributed by atoms with Crippen molar-refractivity contribution in [3.8, 4) is 0 Å². The molecular formula is C13H23ClO3S. The number of rotatable bonds is 2. The van der Waals surface area contributed by atoms with E-state index in [1.54, 1.807) is 0 Å². The molecule has 2 fully saturated rings.